The quantitative estimate of drug-likeness (QED) is 0.0599. The molecule has 70 heavy (non-hydrogen) atoms. The summed E-state index contributed by atoms with van der Waals surface area (Å²) in [6.45, 7) is 11.3. The summed E-state index contributed by atoms with van der Waals surface area (Å²) in [6, 6.07) is 18.7. The lowest BCUT2D eigenvalue weighted by atomic mass is 9.61. The molecule has 0 saturated heterocycles. The molecular weight excluding hydrogens is 913 g/mol. The second-order valence-corrected chi connectivity index (χ2v) is 18.7. The Bertz CT molecular complexity index is 1920. The monoisotopic (exact) mass is 976 g/mol. The van der Waals surface area contributed by atoms with Crippen LogP contribution in [0.4, 0.5) is 14.4 Å². The molecule has 3 saturated carbocycles. The van der Waals surface area contributed by atoms with Gasteiger partial charge in [-0.3, -0.25) is 0 Å². The molecule has 18 heteroatoms. The van der Waals surface area contributed by atoms with Gasteiger partial charge in [-0.25, -0.2) is 43.7 Å². The molecule has 18 nitrogen and oxygen atoms in total. The fourth-order valence-corrected chi connectivity index (χ4v) is 9.58. The second kappa shape index (κ2) is 25.8. The van der Waals surface area contributed by atoms with Crippen molar-refractivity contribution in [3.63, 3.8) is 0 Å². The van der Waals surface area contributed by atoms with Gasteiger partial charge in [0.15, 0.2) is 0 Å². The molecule has 380 valence electrons. The normalized spacial score (nSPS) is 21.6. The van der Waals surface area contributed by atoms with Crippen LogP contribution < -0.4 is 14.2 Å². The van der Waals surface area contributed by atoms with Crippen molar-refractivity contribution in [2.24, 2.45) is 23.7 Å². The van der Waals surface area contributed by atoms with E-state index >= 15 is 0 Å². The number of rotatable bonds is 15. The van der Waals surface area contributed by atoms with Gasteiger partial charge in [-0.2, -0.15) is 14.4 Å². The minimum absolute atomic E-state index is 0.0387. The topological polar surface area (TPSA) is 213 Å². The van der Waals surface area contributed by atoms with E-state index in [1.54, 1.807) is 36.4 Å². The number of benzene rings is 3. The first-order valence-corrected chi connectivity index (χ1v) is 24.2. The molecule has 3 aliphatic rings. The van der Waals surface area contributed by atoms with E-state index in [0.29, 0.717) is 55.8 Å². The Hall–Kier alpha value is -6.72. The van der Waals surface area contributed by atoms with Crippen molar-refractivity contribution in [1.82, 2.24) is 0 Å². The van der Waals surface area contributed by atoms with Gasteiger partial charge in [-0.15, -0.1) is 0 Å². The van der Waals surface area contributed by atoms with Crippen LogP contribution in [0.3, 0.4) is 0 Å². The SMILES string of the molecule is CC(C)Oc1ccc(C(=O)OOC(=O)OC2CCC(C(C3CCC(OC(=O)OOC(=O)c4ccc(OC(C)C)cc4)CC3)C3CCC(OC(=O)OOC(=O)c4ccc(OC(C)C)cc4)CC3)CC2)cc1. The van der Waals surface area contributed by atoms with Gasteiger partial charge in [0.05, 0.1) is 35.0 Å². The van der Waals surface area contributed by atoms with Crippen molar-refractivity contribution in [3.8, 4) is 17.2 Å². The summed E-state index contributed by atoms with van der Waals surface area (Å²) in [7, 11) is 0. The number of carbonyl (C=O) groups excluding carboxylic acids is 6. The first-order chi connectivity index (χ1) is 33.6. The summed E-state index contributed by atoms with van der Waals surface area (Å²) >= 11 is 0. The molecular formula is C52H64O18. The van der Waals surface area contributed by atoms with Gasteiger partial charge >= 0.3 is 36.4 Å². The number of ether oxygens (including phenoxy) is 6. The maximum absolute atomic E-state index is 12.6. The van der Waals surface area contributed by atoms with E-state index in [0.717, 1.165) is 38.5 Å². The zero-order valence-corrected chi connectivity index (χ0v) is 40.5. The minimum atomic E-state index is -1.11. The molecule has 0 bridgehead atoms. The summed E-state index contributed by atoms with van der Waals surface area (Å²) < 4.78 is 33.5. The molecule has 0 amide bonds. The average molecular weight is 977 g/mol. The Morgan fingerprint density at radius 2 is 0.571 bits per heavy atom. The molecule has 0 atom stereocenters. The zero-order valence-electron chi connectivity index (χ0n) is 40.5. The van der Waals surface area contributed by atoms with E-state index < -0.39 is 54.7 Å². The van der Waals surface area contributed by atoms with Crippen LogP contribution in [-0.2, 0) is 43.5 Å². The Morgan fingerprint density at radius 1 is 0.343 bits per heavy atom. The first-order valence-electron chi connectivity index (χ1n) is 24.2. The van der Waals surface area contributed by atoms with Gasteiger partial charge in [-0.1, -0.05) is 0 Å². The van der Waals surface area contributed by atoms with Crippen molar-refractivity contribution < 1.29 is 86.5 Å². The van der Waals surface area contributed by atoms with Crippen LogP contribution in [0.15, 0.2) is 72.8 Å². The molecule has 0 N–H and O–H groups in total. The third-order valence-corrected chi connectivity index (χ3v) is 12.5. The molecule has 3 aromatic carbocycles. The Labute approximate surface area is 407 Å². The lowest BCUT2D eigenvalue weighted by Crippen LogP contribution is -2.39. The standard InChI is InChI=1S/C52H64O18/c1-31(2)59-40-25-13-37(14-26-40)47(53)65-68-50(56)62-43-19-7-34(8-20-43)46(35-9-21-44(22-10-35)63-51(57)69-66-48(54)38-15-27-41(28-16-38)60-32(3)4)36-11-23-45(24-12-36)64-52(58)70-67-49(55)39-17-29-42(30-18-39)61-33(5)6/h13-18,25-36,43-46H,7-12,19-24H2,1-6H3. The van der Waals surface area contributed by atoms with E-state index in [1.807, 2.05) is 41.5 Å². The largest absolute Gasteiger partial charge is 0.550 e. The molecule has 0 radical (unpaired) electrons. The van der Waals surface area contributed by atoms with Gasteiger partial charge in [0.2, 0.25) is 0 Å². The Morgan fingerprint density at radius 3 is 0.786 bits per heavy atom. The summed E-state index contributed by atoms with van der Waals surface area (Å²) in [5.74, 6) is 0.241. The average Bonchev–Trinajstić information content (AvgIpc) is 3.33. The third-order valence-electron chi connectivity index (χ3n) is 12.5. The summed E-state index contributed by atoms with van der Waals surface area (Å²) in [5.41, 5.74) is 0.512. The summed E-state index contributed by atoms with van der Waals surface area (Å²) in [4.78, 5) is 104. The Balaban J connectivity index is 0.985. The van der Waals surface area contributed by atoms with Crippen molar-refractivity contribution >= 4 is 36.4 Å². The van der Waals surface area contributed by atoms with Gasteiger partial charge in [0, 0.05) is 0 Å². The maximum atomic E-state index is 12.6. The van der Waals surface area contributed by atoms with Gasteiger partial charge < -0.3 is 28.4 Å². The van der Waals surface area contributed by atoms with Crippen molar-refractivity contribution in [2.75, 3.05) is 0 Å². The van der Waals surface area contributed by atoms with Crippen LogP contribution >= 0.6 is 0 Å². The molecule has 0 aliphatic heterocycles. The third kappa shape index (κ3) is 16.5. The smallest absolute Gasteiger partial charge is 0.491 e. The fraction of sp³-hybridized carbons (Fsp3) is 0.538. The van der Waals surface area contributed by atoms with Crippen LogP contribution in [-0.4, -0.2) is 73.0 Å². The van der Waals surface area contributed by atoms with Gasteiger partial charge in [0.25, 0.3) is 0 Å². The predicted octanol–water partition coefficient (Wildman–Crippen LogP) is 11.4. The number of carbonyl (C=O) groups is 6. The van der Waals surface area contributed by atoms with Crippen molar-refractivity contribution in [2.45, 2.75) is 155 Å². The van der Waals surface area contributed by atoms with Crippen LogP contribution in [0.1, 0.15) is 150 Å². The lowest BCUT2D eigenvalue weighted by Gasteiger charge is -2.45. The molecule has 0 unspecified atom stereocenters. The van der Waals surface area contributed by atoms with E-state index in [2.05, 4.69) is 0 Å². The van der Waals surface area contributed by atoms with E-state index in [4.69, 9.17) is 57.7 Å². The molecule has 0 heterocycles. The highest BCUT2D eigenvalue weighted by Gasteiger charge is 2.42. The lowest BCUT2D eigenvalue weighted by molar-refractivity contribution is -0.209. The molecule has 3 aliphatic carbocycles. The van der Waals surface area contributed by atoms with E-state index in [9.17, 15) is 28.8 Å². The highest BCUT2D eigenvalue weighted by Crippen LogP contribution is 2.48. The Kier molecular flexibility index (Phi) is 19.4. The minimum Gasteiger partial charge on any atom is -0.491 e. The van der Waals surface area contributed by atoms with Gasteiger partial charge in [-0.05, 0) is 215 Å². The highest BCUT2D eigenvalue weighted by atomic mass is 17.2. The van der Waals surface area contributed by atoms with Gasteiger partial charge in [0.1, 0.15) is 35.6 Å². The maximum Gasteiger partial charge on any atom is 0.550 e. The first kappa shape index (κ1) is 52.6. The zero-order chi connectivity index (χ0) is 50.2. The number of hydrogen-bond acceptors (Lipinski definition) is 18. The van der Waals surface area contributed by atoms with E-state index in [-0.39, 0.29) is 58.7 Å². The summed E-state index contributed by atoms with van der Waals surface area (Å²) in [5, 5.41) is 0. The van der Waals surface area contributed by atoms with Crippen molar-refractivity contribution in [1.29, 1.82) is 0 Å². The number of hydrogen-bond donors (Lipinski definition) is 0. The molecule has 3 fully saturated rings. The fourth-order valence-electron chi connectivity index (χ4n) is 9.58. The predicted molar refractivity (Wildman–Crippen MR) is 246 cm³/mol. The van der Waals surface area contributed by atoms with Crippen LogP contribution in [0, 0.1) is 23.7 Å². The highest BCUT2D eigenvalue weighted by molar-refractivity contribution is 5.90. The second-order valence-electron chi connectivity index (χ2n) is 18.7. The van der Waals surface area contributed by atoms with Crippen LogP contribution in [0.5, 0.6) is 17.2 Å². The van der Waals surface area contributed by atoms with Crippen LogP contribution in [0.25, 0.3) is 0 Å². The molecule has 3 aromatic rings. The summed E-state index contributed by atoms with van der Waals surface area (Å²) in [6.07, 6.45) is 3.20. The van der Waals surface area contributed by atoms with E-state index in [1.165, 1.54) is 36.4 Å². The molecule has 0 aromatic heterocycles. The van der Waals surface area contributed by atoms with Crippen molar-refractivity contribution in [3.05, 3.63) is 89.5 Å². The molecule has 6 rings (SSSR count). The molecule has 0 spiro atoms. The van der Waals surface area contributed by atoms with Crippen LogP contribution in [0.2, 0.25) is 0 Å².